The van der Waals surface area contributed by atoms with Crippen LogP contribution in [-0.4, -0.2) is 20.2 Å². The van der Waals surface area contributed by atoms with Crippen molar-refractivity contribution in [2.75, 3.05) is 0 Å². The summed E-state index contributed by atoms with van der Waals surface area (Å²) in [5, 5.41) is 0.426. The molecule has 0 unspecified atom stereocenters. The lowest BCUT2D eigenvalue weighted by Gasteiger charge is -2.12. The highest BCUT2D eigenvalue weighted by Crippen LogP contribution is 2.17. The standard InChI is InChI=1S/C18H20ClN3O3S/c1-13(2)12-17(23)20-21-18(14-6-4-3-5-7-14)22-26(24,25)16-10-8-15(19)9-11-16/h3-11,13H,12H2,1-2H3,(H,20,23)(H,21,22). The Morgan fingerprint density at radius 2 is 1.65 bits per heavy atom. The van der Waals surface area contributed by atoms with Crippen LogP contribution in [-0.2, 0) is 14.8 Å². The Labute approximate surface area is 158 Å². The van der Waals surface area contributed by atoms with E-state index in [0.717, 1.165) is 0 Å². The van der Waals surface area contributed by atoms with Gasteiger partial charge in [-0.15, -0.1) is 4.40 Å². The monoisotopic (exact) mass is 393 g/mol. The van der Waals surface area contributed by atoms with Crippen molar-refractivity contribution in [2.45, 2.75) is 25.2 Å². The normalized spacial score (nSPS) is 12.1. The Hall–Kier alpha value is -2.38. The number of hydrogen-bond acceptors (Lipinski definition) is 3. The molecule has 0 spiro atoms. The molecule has 1 amide bonds. The zero-order valence-corrected chi connectivity index (χ0v) is 16.0. The number of hydrogen-bond donors (Lipinski definition) is 2. The van der Waals surface area contributed by atoms with Crippen LogP contribution in [0.25, 0.3) is 0 Å². The second-order valence-corrected chi connectivity index (χ2v) is 8.05. The zero-order chi connectivity index (χ0) is 19.2. The second-order valence-electron chi connectivity index (χ2n) is 6.01. The van der Waals surface area contributed by atoms with Crippen LogP contribution in [0.15, 0.2) is 63.9 Å². The van der Waals surface area contributed by atoms with Gasteiger partial charge >= 0.3 is 0 Å². The molecule has 2 aromatic carbocycles. The highest BCUT2D eigenvalue weighted by Gasteiger charge is 2.16. The molecule has 0 saturated heterocycles. The van der Waals surface area contributed by atoms with Gasteiger partial charge in [0.25, 0.3) is 10.0 Å². The number of nitrogens with zero attached hydrogens (tertiary/aromatic N) is 1. The van der Waals surface area contributed by atoms with E-state index in [1.54, 1.807) is 30.3 Å². The number of amidine groups is 1. The molecule has 0 fully saturated rings. The molecule has 0 aliphatic heterocycles. The van der Waals surface area contributed by atoms with Gasteiger partial charge in [0.05, 0.1) is 4.90 Å². The Morgan fingerprint density at radius 1 is 1.04 bits per heavy atom. The van der Waals surface area contributed by atoms with Crippen LogP contribution < -0.4 is 10.9 Å². The fourth-order valence-corrected chi connectivity index (χ4v) is 3.18. The third-order valence-electron chi connectivity index (χ3n) is 3.28. The summed E-state index contributed by atoms with van der Waals surface area (Å²) in [4.78, 5) is 11.9. The smallest absolute Gasteiger partial charge is 0.281 e. The van der Waals surface area contributed by atoms with E-state index in [4.69, 9.17) is 11.6 Å². The fraction of sp³-hybridized carbons (Fsp3) is 0.222. The first-order valence-corrected chi connectivity index (χ1v) is 9.80. The van der Waals surface area contributed by atoms with Crippen LogP contribution in [0.2, 0.25) is 5.02 Å². The lowest BCUT2D eigenvalue weighted by atomic mass is 10.1. The van der Waals surface area contributed by atoms with Gasteiger partial charge in [0, 0.05) is 17.0 Å². The Bertz CT molecular complexity index is 880. The van der Waals surface area contributed by atoms with E-state index in [1.165, 1.54) is 24.3 Å². The maximum Gasteiger partial charge on any atom is 0.284 e. The Balaban J connectivity index is 2.32. The van der Waals surface area contributed by atoms with Crippen LogP contribution in [0.1, 0.15) is 25.8 Å². The number of carbonyl (C=O) groups is 1. The molecule has 8 heteroatoms. The quantitative estimate of drug-likeness (QED) is 0.464. The van der Waals surface area contributed by atoms with Gasteiger partial charge in [0.1, 0.15) is 0 Å². The SMILES string of the molecule is CC(C)CC(=O)NN/C(=N\S(=O)(=O)c1ccc(Cl)cc1)c1ccccc1. The molecule has 138 valence electrons. The zero-order valence-electron chi connectivity index (χ0n) is 14.4. The van der Waals surface area contributed by atoms with Crippen molar-refractivity contribution in [3.8, 4) is 0 Å². The number of amides is 1. The van der Waals surface area contributed by atoms with Crippen LogP contribution in [0.3, 0.4) is 0 Å². The first-order valence-electron chi connectivity index (χ1n) is 7.99. The summed E-state index contributed by atoms with van der Waals surface area (Å²) in [6.07, 6.45) is 0.305. The summed E-state index contributed by atoms with van der Waals surface area (Å²) in [6, 6.07) is 14.4. The lowest BCUT2D eigenvalue weighted by Crippen LogP contribution is -2.42. The molecular formula is C18H20ClN3O3S. The summed E-state index contributed by atoms with van der Waals surface area (Å²) in [5.74, 6) is -0.0584. The van der Waals surface area contributed by atoms with Gasteiger partial charge in [-0.05, 0) is 30.2 Å². The lowest BCUT2D eigenvalue weighted by molar-refractivity contribution is -0.122. The number of nitrogens with one attached hydrogen (secondary N) is 2. The molecule has 0 saturated carbocycles. The molecule has 0 bridgehead atoms. The Kier molecular flexibility index (Phi) is 6.76. The molecule has 0 radical (unpaired) electrons. The maximum absolute atomic E-state index is 12.6. The molecule has 2 rings (SSSR count). The van der Waals surface area contributed by atoms with E-state index in [-0.39, 0.29) is 22.6 Å². The summed E-state index contributed by atoms with van der Waals surface area (Å²) in [6.45, 7) is 3.83. The molecule has 0 aliphatic carbocycles. The summed E-state index contributed by atoms with van der Waals surface area (Å²) in [5.41, 5.74) is 5.64. The summed E-state index contributed by atoms with van der Waals surface area (Å²) < 4.78 is 29.0. The molecule has 6 nitrogen and oxygen atoms in total. The fourth-order valence-electron chi connectivity index (χ4n) is 2.07. The van der Waals surface area contributed by atoms with E-state index in [1.807, 2.05) is 13.8 Å². The van der Waals surface area contributed by atoms with Gasteiger partial charge in [-0.1, -0.05) is 55.8 Å². The molecule has 26 heavy (non-hydrogen) atoms. The highest BCUT2D eigenvalue weighted by molar-refractivity contribution is 7.90. The van der Waals surface area contributed by atoms with Crippen LogP contribution in [0.5, 0.6) is 0 Å². The molecule has 0 aromatic heterocycles. The average Bonchev–Trinajstić information content (AvgIpc) is 2.59. The largest absolute Gasteiger partial charge is 0.284 e. The third kappa shape index (κ3) is 5.86. The van der Waals surface area contributed by atoms with Gasteiger partial charge in [0.2, 0.25) is 5.91 Å². The number of benzene rings is 2. The topological polar surface area (TPSA) is 87.6 Å². The number of sulfonamides is 1. The minimum Gasteiger partial charge on any atom is -0.281 e. The molecular weight excluding hydrogens is 374 g/mol. The van der Waals surface area contributed by atoms with Crippen molar-refractivity contribution < 1.29 is 13.2 Å². The van der Waals surface area contributed by atoms with Gasteiger partial charge in [-0.3, -0.25) is 15.6 Å². The number of carbonyl (C=O) groups excluding carboxylic acids is 1. The minimum absolute atomic E-state index is 0.00522. The highest BCUT2D eigenvalue weighted by atomic mass is 35.5. The third-order valence-corrected chi connectivity index (χ3v) is 4.83. The van der Waals surface area contributed by atoms with Crippen LogP contribution >= 0.6 is 11.6 Å². The maximum atomic E-state index is 12.6. The minimum atomic E-state index is -3.98. The van der Waals surface area contributed by atoms with Gasteiger partial charge in [0.15, 0.2) is 5.84 Å². The molecule has 2 N–H and O–H groups in total. The second kappa shape index (κ2) is 8.82. The van der Waals surface area contributed by atoms with Crippen molar-refractivity contribution in [1.29, 1.82) is 0 Å². The number of halogens is 1. The van der Waals surface area contributed by atoms with Crippen molar-refractivity contribution in [2.24, 2.45) is 10.3 Å². The van der Waals surface area contributed by atoms with Crippen LogP contribution in [0, 0.1) is 5.92 Å². The van der Waals surface area contributed by atoms with Crippen molar-refractivity contribution in [3.05, 3.63) is 65.2 Å². The molecule has 2 aromatic rings. The van der Waals surface area contributed by atoms with E-state index < -0.39 is 10.0 Å². The van der Waals surface area contributed by atoms with E-state index >= 15 is 0 Å². The summed E-state index contributed by atoms with van der Waals surface area (Å²) in [7, 11) is -3.98. The predicted octanol–water partition coefficient (Wildman–Crippen LogP) is 3.14. The molecule has 0 atom stereocenters. The van der Waals surface area contributed by atoms with Gasteiger partial charge < -0.3 is 0 Å². The Morgan fingerprint density at radius 3 is 2.23 bits per heavy atom. The average molecular weight is 394 g/mol. The van der Waals surface area contributed by atoms with Gasteiger partial charge in [-0.2, -0.15) is 8.42 Å². The van der Waals surface area contributed by atoms with Crippen LogP contribution in [0.4, 0.5) is 0 Å². The first-order chi connectivity index (χ1) is 12.3. The first kappa shape index (κ1) is 19.9. The van der Waals surface area contributed by atoms with Crippen molar-refractivity contribution in [3.63, 3.8) is 0 Å². The molecule has 0 aliphatic rings. The van der Waals surface area contributed by atoms with E-state index in [0.29, 0.717) is 17.0 Å². The van der Waals surface area contributed by atoms with Crippen molar-refractivity contribution in [1.82, 2.24) is 10.9 Å². The predicted molar refractivity (Wildman–Crippen MR) is 102 cm³/mol. The van der Waals surface area contributed by atoms with Crippen molar-refractivity contribution >= 4 is 33.4 Å². The molecule has 0 heterocycles. The summed E-state index contributed by atoms with van der Waals surface area (Å²) >= 11 is 5.80. The number of rotatable bonds is 5. The van der Waals surface area contributed by atoms with E-state index in [2.05, 4.69) is 15.2 Å². The van der Waals surface area contributed by atoms with E-state index in [9.17, 15) is 13.2 Å². The number of hydrazine groups is 1. The van der Waals surface area contributed by atoms with Gasteiger partial charge in [-0.25, -0.2) is 0 Å².